The summed E-state index contributed by atoms with van der Waals surface area (Å²) in [6.45, 7) is 4.44. The Kier molecular flexibility index (Phi) is 10.8. The Labute approximate surface area is 189 Å². The molecule has 0 aliphatic carbocycles. The molecule has 0 amide bonds. The van der Waals surface area contributed by atoms with Gasteiger partial charge in [-0.1, -0.05) is 101 Å². The van der Waals surface area contributed by atoms with Crippen molar-refractivity contribution in [3.8, 4) is 0 Å². The Bertz CT molecular complexity index is 707. The van der Waals surface area contributed by atoms with Gasteiger partial charge in [0.2, 0.25) is 0 Å². The van der Waals surface area contributed by atoms with Crippen LogP contribution in [0.2, 0.25) is 0 Å². The number of hydrogen-bond donors (Lipinski definition) is 0. The van der Waals surface area contributed by atoms with Crippen LogP contribution in [-0.4, -0.2) is 18.1 Å². The van der Waals surface area contributed by atoms with Crippen LogP contribution in [-0.2, 0) is 0 Å². The summed E-state index contributed by atoms with van der Waals surface area (Å²) in [5.74, 6) is 0. The molecule has 3 heteroatoms. The Morgan fingerprint density at radius 1 is 0.714 bits per heavy atom. The van der Waals surface area contributed by atoms with Crippen LogP contribution in [0.4, 0.5) is 5.69 Å². The fourth-order valence-corrected chi connectivity index (χ4v) is 4.03. The normalized spacial score (nSPS) is 13.3. The number of unbranched alkanes of at least 4 members (excludes halogenated alkanes) is 9. The minimum Gasteiger partial charge on any atom is -0.358 e. The number of benzene rings is 2. The molecule has 1 aliphatic heterocycles. The van der Waals surface area contributed by atoms with Gasteiger partial charge in [-0.2, -0.15) is 0 Å². The third kappa shape index (κ3) is 6.98. The van der Waals surface area contributed by atoms with Gasteiger partial charge >= 0.3 is 0 Å². The molecule has 0 atom stereocenters. The molecular weight excluding hydrogens is 455 g/mol. The van der Waals surface area contributed by atoms with Gasteiger partial charge in [0, 0.05) is 24.3 Å². The van der Waals surface area contributed by atoms with E-state index in [4.69, 9.17) is 0 Å². The van der Waals surface area contributed by atoms with Crippen molar-refractivity contribution in [2.24, 2.45) is 0 Å². The van der Waals surface area contributed by atoms with Gasteiger partial charge in [0.1, 0.15) is 0 Å². The Hall–Kier alpha value is -1.23. The van der Waals surface area contributed by atoms with Gasteiger partial charge in [0.05, 0.1) is 12.4 Å². The van der Waals surface area contributed by atoms with Crippen molar-refractivity contribution in [2.45, 2.75) is 71.1 Å². The van der Waals surface area contributed by atoms with Gasteiger partial charge in [0.15, 0.2) is 0 Å². The van der Waals surface area contributed by atoms with E-state index in [1.165, 1.54) is 87.2 Å². The second-order valence-electron chi connectivity index (χ2n) is 7.90. The summed E-state index contributed by atoms with van der Waals surface area (Å²) in [7, 11) is 0. The zero-order valence-corrected chi connectivity index (χ0v) is 19.8. The molecule has 0 fully saturated rings. The van der Waals surface area contributed by atoms with Crippen molar-refractivity contribution in [1.82, 2.24) is 4.90 Å². The van der Waals surface area contributed by atoms with Crippen molar-refractivity contribution in [2.75, 3.05) is 18.1 Å². The molecule has 154 valence electrons. The van der Waals surface area contributed by atoms with Crippen molar-refractivity contribution in [3.05, 3.63) is 54.9 Å². The van der Waals surface area contributed by atoms with E-state index in [1.807, 2.05) is 0 Å². The first-order valence-electron chi connectivity index (χ1n) is 11.1. The highest BCUT2D eigenvalue weighted by atomic mass is 127. The monoisotopic (exact) mass is 492 g/mol. The SMILES string of the molecule is CCCCCCCCCCCCN1C=CN(c2cccc3ccccc23)C1.I. The van der Waals surface area contributed by atoms with E-state index in [0.717, 1.165) is 6.67 Å². The smallest absolute Gasteiger partial charge is 0.0942 e. The predicted octanol–water partition coefficient (Wildman–Crippen LogP) is 7.93. The van der Waals surface area contributed by atoms with E-state index in [9.17, 15) is 0 Å². The second-order valence-corrected chi connectivity index (χ2v) is 7.90. The molecule has 0 N–H and O–H groups in total. The van der Waals surface area contributed by atoms with Crippen molar-refractivity contribution >= 4 is 40.4 Å². The summed E-state index contributed by atoms with van der Waals surface area (Å²) in [5, 5.41) is 2.65. The molecule has 2 nitrogen and oxygen atoms in total. The van der Waals surface area contributed by atoms with Gasteiger partial charge in [-0.15, -0.1) is 24.0 Å². The third-order valence-electron chi connectivity index (χ3n) is 5.67. The van der Waals surface area contributed by atoms with Gasteiger partial charge < -0.3 is 9.80 Å². The van der Waals surface area contributed by atoms with Crippen LogP contribution in [0.3, 0.4) is 0 Å². The Balaban J connectivity index is 0.00000280. The van der Waals surface area contributed by atoms with Crippen LogP contribution < -0.4 is 4.90 Å². The molecule has 0 aromatic heterocycles. The van der Waals surface area contributed by atoms with Crippen LogP contribution in [0.5, 0.6) is 0 Å². The number of fused-ring (bicyclic) bond motifs is 1. The first-order chi connectivity index (χ1) is 13.4. The fourth-order valence-electron chi connectivity index (χ4n) is 4.03. The quantitative estimate of drug-likeness (QED) is 0.219. The molecule has 0 saturated carbocycles. The van der Waals surface area contributed by atoms with E-state index in [-0.39, 0.29) is 24.0 Å². The van der Waals surface area contributed by atoms with Crippen LogP contribution in [0.1, 0.15) is 71.1 Å². The molecule has 0 radical (unpaired) electrons. The molecule has 1 aliphatic rings. The molecular formula is C25H37IN2. The first-order valence-corrected chi connectivity index (χ1v) is 11.1. The van der Waals surface area contributed by atoms with Gasteiger partial charge in [-0.25, -0.2) is 0 Å². The van der Waals surface area contributed by atoms with Gasteiger partial charge in [-0.05, 0) is 17.9 Å². The summed E-state index contributed by atoms with van der Waals surface area (Å²) in [4.78, 5) is 4.82. The summed E-state index contributed by atoms with van der Waals surface area (Å²) in [5.41, 5.74) is 1.31. The van der Waals surface area contributed by atoms with E-state index in [0.29, 0.717) is 0 Å². The summed E-state index contributed by atoms with van der Waals surface area (Å²) in [6, 6.07) is 15.3. The van der Waals surface area contributed by atoms with Gasteiger partial charge in [-0.3, -0.25) is 0 Å². The number of nitrogens with zero attached hydrogens (tertiary/aromatic N) is 2. The zero-order chi connectivity index (χ0) is 18.7. The zero-order valence-electron chi connectivity index (χ0n) is 17.5. The maximum Gasteiger partial charge on any atom is 0.0942 e. The summed E-state index contributed by atoms with van der Waals surface area (Å²) >= 11 is 0. The van der Waals surface area contributed by atoms with Gasteiger partial charge in [0.25, 0.3) is 0 Å². The van der Waals surface area contributed by atoms with E-state index in [1.54, 1.807) is 0 Å². The highest BCUT2D eigenvalue weighted by molar-refractivity contribution is 14.0. The Morgan fingerprint density at radius 3 is 2.11 bits per heavy atom. The minimum atomic E-state index is 0. The van der Waals surface area contributed by atoms with Crippen molar-refractivity contribution in [1.29, 1.82) is 0 Å². The molecule has 28 heavy (non-hydrogen) atoms. The topological polar surface area (TPSA) is 6.48 Å². The molecule has 2 aromatic carbocycles. The fraction of sp³-hybridized carbons (Fsp3) is 0.520. The molecule has 0 bridgehead atoms. The minimum absolute atomic E-state index is 0. The summed E-state index contributed by atoms with van der Waals surface area (Å²) < 4.78 is 0. The van der Waals surface area contributed by atoms with Crippen LogP contribution in [0.15, 0.2) is 54.9 Å². The van der Waals surface area contributed by atoms with Crippen molar-refractivity contribution in [3.63, 3.8) is 0 Å². The molecule has 0 saturated heterocycles. The maximum atomic E-state index is 2.45. The number of rotatable bonds is 12. The highest BCUT2D eigenvalue weighted by Gasteiger charge is 2.15. The Morgan fingerprint density at radius 2 is 1.36 bits per heavy atom. The predicted molar refractivity (Wildman–Crippen MR) is 134 cm³/mol. The standard InChI is InChI=1S/C25H36N2.HI/c1-2-3-4-5-6-7-8-9-10-13-19-26-20-21-27(22-26)25-18-14-16-23-15-11-12-17-24(23)25;/h11-12,14-18,20-21H,2-10,13,19,22H2,1H3;1H. The van der Waals surface area contributed by atoms with Crippen LogP contribution in [0, 0.1) is 0 Å². The molecule has 0 unspecified atom stereocenters. The lowest BCUT2D eigenvalue weighted by Crippen LogP contribution is -2.25. The average Bonchev–Trinajstić information content (AvgIpc) is 3.17. The largest absolute Gasteiger partial charge is 0.358 e. The number of anilines is 1. The summed E-state index contributed by atoms with van der Waals surface area (Å²) in [6.07, 6.45) is 18.5. The van der Waals surface area contributed by atoms with E-state index >= 15 is 0 Å². The lowest BCUT2D eigenvalue weighted by Gasteiger charge is -2.22. The average molecular weight is 492 g/mol. The lowest BCUT2D eigenvalue weighted by atomic mass is 10.1. The highest BCUT2D eigenvalue weighted by Crippen LogP contribution is 2.28. The van der Waals surface area contributed by atoms with Crippen LogP contribution >= 0.6 is 24.0 Å². The number of hydrogen-bond acceptors (Lipinski definition) is 2. The molecule has 0 spiro atoms. The third-order valence-corrected chi connectivity index (χ3v) is 5.67. The van der Waals surface area contributed by atoms with E-state index in [2.05, 4.69) is 71.6 Å². The van der Waals surface area contributed by atoms with Crippen LogP contribution in [0.25, 0.3) is 10.8 Å². The second kappa shape index (κ2) is 13.1. The van der Waals surface area contributed by atoms with E-state index < -0.39 is 0 Å². The maximum absolute atomic E-state index is 2.45. The molecule has 3 rings (SSSR count). The van der Waals surface area contributed by atoms with Crippen molar-refractivity contribution < 1.29 is 0 Å². The molecule has 1 heterocycles. The lowest BCUT2D eigenvalue weighted by molar-refractivity contribution is 0.388. The number of halogens is 1. The molecule has 2 aromatic rings. The first kappa shape index (κ1) is 23.1.